The van der Waals surface area contributed by atoms with Gasteiger partial charge < -0.3 is 4.90 Å². The summed E-state index contributed by atoms with van der Waals surface area (Å²) in [6, 6.07) is 10.9. The van der Waals surface area contributed by atoms with E-state index in [9.17, 15) is 13.2 Å². The van der Waals surface area contributed by atoms with Crippen molar-refractivity contribution < 1.29 is 13.2 Å². The Balaban J connectivity index is 2.26. The highest BCUT2D eigenvalue weighted by Crippen LogP contribution is 2.25. The Kier molecular flexibility index (Phi) is 6.08. The molecule has 0 bridgehead atoms. The minimum Gasteiger partial charge on any atom is -0.339 e. The van der Waals surface area contributed by atoms with Crippen LogP contribution in [0.3, 0.4) is 0 Å². The van der Waals surface area contributed by atoms with Crippen molar-refractivity contribution in [3.8, 4) is 0 Å². The predicted octanol–water partition coefficient (Wildman–Crippen LogP) is 3.93. The van der Waals surface area contributed by atoms with E-state index >= 15 is 0 Å². The maximum atomic E-state index is 12.5. The molecule has 0 aromatic heterocycles. The van der Waals surface area contributed by atoms with Gasteiger partial charge in [-0.15, -0.1) is 0 Å². The molecule has 1 amide bonds. The minimum absolute atomic E-state index is 0.0861. The number of nitrogens with zero attached hydrogens (tertiary/aromatic N) is 1. The number of rotatable bonds is 6. The Bertz CT molecular complexity index is 860. The zero-order valence-corrected chi connectivity index (χ0v) is 16.0. The summed E-state index contributed by atoms with van der Waals surface area (Å²) in [5.41, 5.74) is 1.54. The fraction of sp³-hybridized carbons (Fsp3) is 0.278. The van der Waals surface area contributed by atoms with Gasteiger partial charge in [-0.1, -0.05) is 17.7 Å². The highest BCUT2D eigenvalue weighted by molar-refractivity contribution is 7.92. The second-order valence-electron chi connectivity index (χ2n) is 5.52. The molecule has 7 heteroatoms. The maximum Gasteiger partial charge on any atom is 0.261 e. The van der Waals surface area contributed by atoms with Crippen molar-refractivity contribution in [1.82, 2.24) is 4.90 Å². The Hall–Kier alpha value is -2.05. The van der Waals surface area contributed by atoms with Crippen LogP contribution in [0.25, 0.3) is 0 Å². The third-order valence-electron chi connectivity index (χ3n) is 3.97. The van der Waals surface area contributed by atoms with Crippen LogP contribution in [-0.4, -0.2) is 32.3 Å². The molecule has 2 aromatic rings. The summed E-state index contributed by atoms with van der Waals surface area (Å²) in [4.78, 5) is 14.1. The van der Waals surface area contributed by atoms with Crippen LogP contribution in [0, 0.1) is 6.92 Å². The molecular weight excluding hydrogens is 360 g/mol. The SMILES string of the molecule is CCN(CC)C(=O)c1ccc(S(=O)(=O)Nc2cccc(Cl)c2C)cc1. The lowest BCUT2D eigenvalue weighted by molar-refractivity contribution is 0.0773. The van der Waals surface area contributed by atoms with E-state index in [-0.39, 0.29) is 10.8 Å². The van der Waals surface area contributed by atoms with Crippen LogP contribution in [0.15, 0.2) is 47.4 Å². The molecule has 5 nitrogen and oxygen atoms in total. The number of carbonyl (C=O) groups is 1. The van der Waals surface area contributed by atoms with Gasteiger partial charge >= 0.3 is 0 Å². The number of carbonyl (C=O) groups excluding carboxylic acids is 1. The van der Waals surface area contributed by atoms with Gasteiger partial charge in [0, 0.05) is 23.7 Å². The molecule has 134 valence electrons. The van der Waals surface area contributed by atoms with Crippen LogP contribution in [0.1, 0.15) is 29.8 Å². The summed E-state index contributed by atoms with van der Waals surface area (Å²) in [5, 5.41) is 0.486. The Morgan fingerprint density at radius 2 is 1.68 bits per heavy atom. The third-order valence-corrected chi connectivity index (χ3v) is 5.77. The number of benzene rings is 2. The molecule has 0 saturated heterocycles. The molecule has 0 spiro atoms. The smallest absolute Gasteiger partial charge is 0.261 e. The van der Waals surface area contributed by atoms with Gasteiger partial charge in [0.2, 0.25) is 0 Å². The van der Waals surface area contributed by atoms with Crippen LogP contribution in [-0.2, 0) is 10.0 Å². The topological polar surface area (TPSA) is 66.5 Å². The fourth-order valence-electron chi connectivity index (χ4n) is 2.39. The number of anilines is 1. The van der Waals surface area contributed by atoms with Gasteiger partial charge in [0.15, 0.2) is 0 Å². The van der Waals surface area contributed by atoms with Crippen LogP contribution in [0.2, 0.25) is 5.02 Å². The Morgan fingerprint density at radius 3 is 2.24 bits per heavy atom. The Morgan fingerprint density at radius 1 is 1.08 bits per heavy atom. The Labute approximate surface area is 153 Å². The molecule has 0 saturated carbocycles. The number of amides is 1. The molecule has 1 N–H and O–H groups in total. The van der Waals surface area contributed by atoms with Crippen LogP contribution in [0.4, 0.5) is 5.69 Å². The molecule has 0 atom stereocenters. The molecular formula is C18H21ClN2O3S. The van der Waals surface area contributed by atoms with E-state index in [1.807, 2.05) is 13.8 Å². The molecule has 0 heterocycles. The van der Waals surface area contributed by atoms with E-state index in [4.69, 9.17) is 11.6 Å². The van der Waals surface area contributed by atoms with E-state index in [0.717, 1.165) is 0 Å². The number of nitrogens with one attached hydrogen (secondary N) is 1. The lowest BCUT2D eigenvalue weighted by Crippen LogP contribution is -2.30. The predicted molar refractivity (Wildman–Crippen MR) is 101 cm³/mol. The standard InChI is InChI=1S/C18H21ClN2O3S/c1-4-21(5-2)18(22)14-9-11-15(12-10-14)25(23,24)20-17-8-6-7-16(19)13(17)3/h6-12,20H,4-5H2,1-3H3. The van der Waals surface area contributed by atoms with Gasteiger partial charge in [0.25, 0.3) is 15.9 Å². The zero-order valence-electron chi connectivity index (χ0n) is 14.4. The molecule has 0 fully saturated rings. The monoisotopic (exact) mass is 380 g/mol. The molecule has 0 aliphatic heterocycles. The highest BCUT2D eigenvalue weighted by Gasteiger charge is 2.18. The lowest BCUT2D eigenvalue weighted by atomic mass is 10.2. The second kappa shape index (κ2) is 7.89. The summed E-state index contributed by atoms with van der Waals surface area (Å²) in [5.74, 6) is -0.118. The van der Waals surface area contributed by atoms with Crippen molar-refractivity contribution >= 4 is 33.2 Å². The average Bonchev–Trinajstić information content (AvgIpc) is 2.60. The van der Waals surface area contributed by atoms with E-state index < -0.39 is 10.0 Å². The van der Waals surface area contributed by atoms with Crippen molar-refractivity contribution in [2.45, 2.75) is 25.7 Å². The molecule has 0 aliphatic carbocycles. The molecule has 0 radical (unpaired) electrons. The zero-order chi connectivity index (χ0) is 18.6. The molecule has 25 heavy (non-hydrogen) atoms. The number of halogens is 1. The fourth-order valence-corrected chi connectivity index (χ4v) is 3.69. The first-order chi connectivity index (χ1) is 11.8. The highest BCUT2D eigenvalue weighted by atomic mass is 35.5. The van der Waals surface area contributed by atoms with Crippen molar-refractivity contribution in [2.24, 2.45) is 0 Å². The lowest BCUT2D eigenvalue weighted by Gasteiger charge is -2.18. The summed E-state index contributed by atoms with van der Waals surface area (Å²) in [6.07, 6.45) is 0. The second-order valence-corrected chi connectivity index (χ2v) is 7.61. The van der Waals surface area contributed by atoms with E-state index in [1.165, 1.54) is 24.3 Å². The first-order valence-corrected chi connectivity index (χ1v) is 9.83. The molecule has 2 aromatic carbocycles. The average molecular weight is 381 g/mol. The molecule has 0 aliphatic rings. The van der Waals surface area contributed by atoms with Gasteiger partial charge in [-0.05, 0) is 62.7 Å². The number of hydrogen-bond donors (Lipinski definition) is 1. The molecule has 0 unspecified atom stereocenters. The molecule has 2 rings (SSSR count). The van der Waals surface area contributed by atoms with E-state index in [1.54, 1.807) is 30.0 Å². The summed E-state index contributed by atoms with van der Waals surface area (Å²) < 4.78 is 27.6. The summed E-state index contributed by atoms with van der Waals surface area (Å²) >= 11 is 6.02. The van der Waals surface area contributed by atoms with Crippen LogP contribution >= 0.6 is 11.6 Å². The first kappa shape index (κ1) is 19.3. The van der Waals surface area contributed by atoms with Crippen LogP contribution in [0.5, 0.6) is 0 Å². The maximum absolute atomic E-state index is 12.5. The first-order valence-electron chi connectivity index (χ1n) is 7.97. The normalized spacial score (nSPS) is 11.2. The third kappa shape index (κ3) is 4.32. The number of sulfonamides is 1. The minimum atomic E-state index is -3.76. The largest absolute Gasteiger partial charge is 0.339 e. The van der Waals surface area contributed by atoms with Crippen molar-refractivity contribution in [3.63, 3.8) is 0 Å². The van der Waals surface area contributed by atoms with Gasteiger partial charge in [0.05, 0.1) is 10.6 Å². The van der Waals surface area contributed by atoms with Crippen molar-refractivity contribution in [3.05, 3.63) is 58.6 Å². The van der Waals surface area contributed by atoms with E-state index in [0.29, 0.717) is 34.9 Å². The van der Waals surface area contributed by atoms with Gasteiger partial charge in [0.1, 0.15) is 0 Å². The quantitative estimate of drug-likeness (QED) is 0.825. The van der Waals surface area contributed by atoms with Gasteiger partial charge in [-0.25, -0.2) is 8.42 Å². The van der Waals surface area contributed by atoms with Crippen LogP contribution < -0.4 is 4.72 Å². The summed E-state index contributed by atoms with van der Waals surface area (Å²) in [7, 11) is -3.76. The summed E-state index contributed by atoms with van der Waals surface area (Å²) in [6.45, 7) is 6.75. The van der Waals surface area contributed by atoms with Gasteiger partial charge in [-0.3, -0.25) is 9.52 Å². The number of hydrogen-bond acceptors (Lipinski definition) is 3. The van der Waals surface area contributed by atoms with E-state index in [2.05, 4.69) is 4.72 Å². The van der Waals surface area contributed by atoms with Gasteiger partial charge in [-0.2, -0.15) is 0 Å². The van der Waals surface area contributed by atoms with Crippen molar-refractivity contribution in [2.75, 3.05) is 17.8 Å². The van der Waals surface area contributed by atoms with Crippen molar-refractivity contribution in [1.29, 1.82) is 0 Å².